The van der Waals surface area contributed by atoms with Crippen LogP contribution in [0.4, 0.5) is 23.0 Å². The Morgan fingerprint density at radius 3 is 2.85 bits per heavy atom. The molecule has 2 heterocycles. The predicted molar refractivity (Wildman–Crippen MR) is 103 cm³/mol. The number of aryl methyl sites for hydroxylation is 1. The molecule has 1 N–H and O–H groups in total. The summed E-state index contributed by atoms with van der Waals surface area (Å²) in [4.78, 5) is 22.1. The first-order valence-electron chi connectivity index (χ1n) is 9.12. The maximum atomic E-state index is 11.9. The van der Waals surface area contributed by atoms with Gasteiger partial charge in [0.1, 0.15) is 6.33 Å². The topological polar surface area (TPSA) is 84.2 Å². The monoisotopic (exact) mass is 355 g/mol. The third kappa shape index (κ3) is 3.47. The third-order valence-corrected chi connectivity index (χ3v) is 5.21. The van der Waals surface area contributed by atoms with Crippen molar-refractivity contribution in [3.8, 4) is 0 Å². The average Bonchev–Trinajstić information content (AvgIpc) is 2.65. The molecule has 3 rings (SSSR count). The molecule has 0 radical (unpaired) electrons. The van der Waals surface area contributed by atoms with Crippen LogP contribution in [-0.4, -0.2) is 27.5 Å². The minimum Gasteiger partial charge on any atom is -0.348 e. The summed E-state index contributed by atoms with van der Waals surface area (Å²) >= 11 is 0. The van der Waals surface area contributed by atoms with E-state index in [0.29, 0.717) is 5.82 Å². The fraction of sp³-hybridized carbons (Fsp3) is 0.474. The molecule has 1 unspecified atom stereocenters. The van der Waals surface area contributed by atoms with E-state index in [-0.39, 0.29) is 22.5 Å². The third-order valence-electron chi connectivity index (χ3n) is 5.21. The molecule has 0 saturated carbocycles. The van der Waals surface area contributed by atoms with Gasteiger partial charge in [-0.15, -0.1) is 0 Å². The largest absolute Gasteiger partial charge is 0.353 e. The Kier molecular flexibility index (Phi) is 5.35. The van der Waals surface area contributed by atoms with E-state index in [1.807, 2.05) is 32.0 Å². The van der Waals surface area contributed by atoms with Gasteiger partial charge in [-0.05, 0) is 56.7 Å². The molecule has 1 saturated heterocycles. The zero-order chi connectivity index (χ0) is 18.7. The lowest BCUT2D eigenvalue weighted by Crippen LogP contribution is -2.40. The molecule has 0 spiro atoms. The minimum absolute atomic E-state index is 0.0474. The van der Waals surface area contributed by atoms with Gasteiger partial charge in [0.15, 0.2) is 0 Å². The number of benzene rings is 1. The smallest absolute Gasteiger partial charge is 0.348 e. The Morgan fingerprint density at radius 1 is 1.31 bits per heavy atom. The van der Waals surface area contributed by atoms with Crippen molar-refractivity contribution in [3.63, 3.8) is 0 Å². The van der Waals surface area contributed by atoms with Crippen LogP contribution in [0.3, 0.4) is 0 Å². The van der Waals surface area contributed by atoms with E-state index in [1.54, 1.807) is 0 Å². The highest BCUT2D eigenvalue weighted by Crippen LogP contribution is 2.37. The minimum atomic E-state index is -0.371. The van der Waals surface area contributed by atoms with E-state index in [4.69, 9.17) is 0 Å². The molecule has 138 valence electrons. The number of rotatable bonds is 5. The Bertz CT molecular complexity index is 809. The molecule has 1 aromatic carbocycles. The van der Waals surface area contributed by atoms with Gasteiger partial charge >= 0.3 is 5.69 Å². The van der Waals surface area contributed by atoms with Crippen LogP contribution in [-0.2, 0) is 0 Å². The Hall–Kier alpha value is -2.70. The molecule has 1 fully saturated rings. The summed E-state index contributed by atoms with van der Waals surface area (Å²) in [6, 6.07) is 6.13. The van der Waals surface area contributed by atoms with E-state index in [0.717, 1.165) is 49.0 Å². The number of nitrogens with zero attached hydrogens (tertiary/aromatic N) is 4. The van der Waals surface area contributed by atoms with Crippen molar-refractivity contribution < 1.29 is 4.92 Å². The first kappa shape index (κ1) is 18.1. The maximum Gasteiger partial charge on any atom is 0.353 e. The Labute approximate surface area is 153 Å². The van der Waals surface area contributed by atoms with Crippen molar-refractivity contribution in [2.45, 2.75) is 52.5 Å². The molecule has 7 heteroatoms. The van der Waals surface area contributed by atoms with Gasteiger partial charge in [-0.1, -0.05) is 19.1 Å². The molecule has 0 amide bonds. The van der Waals surface area contributed by atoms with E-state index >= 15 is 0 Å². The first-order valence-corrected chi connectivity index (χ1v) is 9.12. The van der Waals surface area contributed by atoms with Gasteiger partial charge in [-0.25, -0.2) is 9.97 Å². The average molecular weight is 355 g/mol. The zero-order valence-corrected chi connectivity index (χ0v) is 15.5. The lowest BCUT2D eigenvalue weighted by Gasteiger charge is -2.35. The lowest BCUT2D eigenvalue weighted by atomic mass is 10.00. The highest BCUT2D eigenvalue weighted by atomic mass is 16.6. The van der Waals surface area contributed by atoms with Crippen LogP contribution in [0, 0.1) is 24.0 Å². The van der Waals surface area contributed by atoms with Crippen molar-refractivity contribution in [3.05, 3.63) is 45.8 Å². The van der Waals surface area contributed by atoms with E-state index in [9.17, 15) is 10.1 Å². The summed E-state index contributed by atoms with van der Waals surface area (Å²) in [7, 11) is 0. The molecule has 1 aliphatic rings. The highest BCUT2D eigenvalue weighted by Gasteiger charge is 2.31. The van der Waals surface area contributed by atoms with Gasteiger partial charge in [0.2, 0.25) is 11.6 Å². The molecule has 1 aromatic heterocycles. The molecule has 1 aliphatic heterocycles. The number of hydrogen-bond donors (Lipinski definition) is 1. The molecule has 1 atom stereocenters. The summed E-state index contributed by atoms with van der Waals surface area (Å²) in [6.07, 6.45) is 5.58. The van der Waals surface area contributed by atoms with Gasteiger partial charge < -0.3 is 10.2 Å². The molecule has 2 aromatic rings. The fourth-order valence-electron chi connectivity index (χ4n) is 3.56. The van der Waals surface area contributed by atoms with E-state index in [2.05, 4.69) is 27.1 Å². The van der Waals surface area contributed by atoms with E-state index in [1.165, 1.54) is 6.33 Å². The summed E-state index contributed by atoms with van der Waals surface area (Å²) in [5, 5.41) is 15.0. The van der Waals surface area contributed by atoms with Gasteiger partial charge in [0.05, 0.1) is 4.92 Å². The SMILES string of the molecule is CCC1CCCCN1c1ncnc(Nc2cccc(C)c2C)c1[N+](=O)[O-]. The van der Waals surface area contributed by atoms with Crippen LogP contribution >= 0.6 is 0 Å². The van der Waals surface area contributed by atoms with Crippen molar-refractivity contribution in [1.29, 1.82) is 0 Å². The van der Waals surface area contributed by atoms with Crippen molar-refractivity contribution >= 4 is 23.0 Å². The lowest BCUT2D eigenvalue weighted by molar-refractivity contribution is -0.383. The normalized spacial score (nSPS) is 17.2. The number of piperidine rings is 1. The van der Waals surface area contributed by atoms with E-state index < -0.39 is 0 Å². The number of aromatic nitrogens is 2. The summed E-state index contributed by atoms with van der Waals surface area (Å²) in [6.45, 7) is 6.91. The molecule has 7 nitrogen and oxygen atoms in total. The quantitative estimate of drug-likeness (QED) is 0.627. The second-order valence-electron chi connectivity index (χ2n) is 6.78. The standard InChI is InChI=1S/C19H25N5O2/c1-4-15-9-5-6-11-23(15)19-17(24(25)26)18(20-12-21-19)22-16-10-7-8-13(2)14(16)3/h7-8,10,12,15H,4-6,9,11H2,1-3H3,(H,20,21,22). The summed E-state index contributed by atoms with van der Waals surface area (Å²) < 4.78 is 0. The van der Waals surface area contributed by atoms with Gasteiger partial charge in [0, 0.05) is 18.3 Å². The number of hydrogen-bond acceptors (Lipinski definition) is 6. The number of nitro groups is 1. The van der Waals surface area contributed by atoms with Crippen LogP contribution in [0.25, 0.3) is 0 Å². The summed E-state index contributed by atoms with van der Waals surface area (Å²) in [5.74, 6) is 0.665. The Morgan fingerprint density at radius 2 is 2.12 bits per heavy atom. The zero-order valence-electron chi connectivity index (χ0n) is 15.5. The second kappa shape index (κ2) is 7.68. The van der Waals surface area contributed by atoms with Crippen LogP contribution < -0.4 is 10.2 Å². The second-order valence-corrected chi connectivity index (χ2v) is 6.78. The molecule has 26 heavy (non-hydrogen) atoms. The Balaban J connectivity index is 2.04. The van der Waals surface area contributed by atoms with Crippen molar-refractivity contribution in [2.75, 3.05) is 16.8 Å². The maximum absolute atomic E-state index is 11.9. The van der Waals surface area contributed by atoms with Crippen LogP contribution in [0.2, 0.25) is 0 Å². The first-order chi connectivity index (χ1) is 12.5. The van der Waals surface area contributed by atoms with Gasteiger partial charge in [-0.2, -0.15) is 0 Å². The molecular weight excluding hydrogens is 330 g/mol. The predicted octanol–water partition coefficient (Wildman–Crippen LogP) is 4.51. The molecule has 0 bridgehead atoms. The van der Waals surface area contributed by atoms with Crippen LogP contribution in [0.5, 0.6) is 0 Å². The highest BCUT2D eigenvalue weighted by molar-refractivity contribution is 5.76. The molecule has 0 aliphatic carbocycles. The number of nitrogens with one attached hydrogen (secondary N) is 1. The fourth-order valence-corrected chi connectivity index (χ4v) is 3.56. The van der Waals surface area contributed by atoms with Crippen LogP contribution in [0.1, 0.15) is 43.7 Å². The van der Waals surface area contributed by atoms with Gasteiger partial charge in [-0.3, -0.25) is 10.1 Å². The summed E-state index contributed by atoms with van der Waals surface area (Å²) in [5.41, 5.74) is 2.94. The number of anilines is 3. The van der Waals surface area contributed by atoms with Crippen molar-refractivity contribution in [2.24, 2.45) is 0 Å². The van der Waals surface area contributed by atoms with Crippen molar-refractivity contribution in [1.82, 2.24) is 9.97 Å². The van der Waals surface area contributed by atoms with Crippen LogP contribution in [0.15, 0.2) is 24.5 Å². The van der Waals surface area contributed by atoms with Gasteiger partial charge in [0.25, 0.3) is 0 Å². The molecular formula is C19H25N5O2.